The lowest BCUT2D eigenvalue weighted by molar-refractivity contribution is -0.143. The Bertz CT molecular complexity index is 2860. The van der Waals surface area contributed by atoms with Crippen molar-refractivity contribution < 1.29 is 33.7 Å². The molecular weight excluding hydrogens is 1020 g/mol. The molecule has 19 heteroatoms. The zero-order valence-corrected chi connectivity index (χ0v) is 47.4. The molecule has 6 heterocycles. The molecule has 79 heavy (non-hydrogen) atoms. The number of amides is 3. The molecule has 3 amide bonds. The van der Waals surface area contributed by atoms with Gasteiger partial charge >= 0.3 is 0 Å². The van der Waals surface area contributed by atoms with Crippen molar-refractivity contribution in [3.63, 3.8) is 0 Å². The molecule has 0 aliphatic carbocycles. The molecule has 9 rings (SSSR count). The van der Waals surface area contributed by atoms with E-state index in [1.54, 1.807) is 29.4 Å². The highest BCUT2D eigenvalue weighted by atomic mass is 32.1. The first-order chi connectivity index (χ1) is 38.0. The summed E-state index contributed by atoms with van der Waals surface area (Å²) >= 11 is 1.62. The second kappa shape index (κ2) is 25.9. The molecule has 0 spiro atoms. The number of halogens is 1. The van der Waals surface area contributed by atoms with Crippen molar-refractivity contribution in [2.24, 2.45) is 5.41 Å². The number of thiazole rings is 1. The highest BCUT2D eigenvalue weighted by Crippen LogP contribution is 2.40. The number of carbonyl (C=O) groups excluding carboxylic acids is 3. The first-order valence-electron chi connectivity index (χ1n) is 28.3. The van der Waals surface area contributed by atoms with Gasteiger partial charge in [-0.1, -0.05) is 82.9 Å². The van der Waals surface area contributed by atoms with Crippen LogP contribution >= 0.6 is 11.3 Å². The van der Waals surface area contributed by atoms with Crippen molar-refractivity contribution in [3.05, 3.63) is 101 Å². The monoisotopic (exact) mass is 1100 g/mol. The molecule has 3 unspecified atom stereocenters. The number of carbonyl (C=O) groups is 3. The number of aliphatic hydroxyl groups is 1. The van der Waals surface area contributed by atoms with Crippen LogP contribution in [-0.4, -0.2) is 147 Å². The minimum atomic E-state index is -0.772. The molecule has 0 radical (unpaired) electrons. The molecule has 4 aliphatic heterocycles. The summed E-state index contributed by atoms with van der Waals surface area (Å²) in [7, 11) is 1.61. The first kappa shape index (κ1) is 57.4. The number of fused-ring (bicyclic) bond motifs is 2. The SMILES string of the molecule is COC(NCc1ccc(-c2scnc2C)cc1)[C@@H]1C[C@@H](O)CN1C(=O)[C@@H](NC(=O)CCCCCCCCC(=O)N1CCN(Cc2cccc(N3C4CCC3CN(c3cc(-c5cc(F)ccc5O)nnc3N)C4)c2)CC1)C(C)(C)C. The summed E-state index contributed by atoms with van der Waals surface area (Å²) in [6, 6.07) is 22.1. The van der Waals surface area contributed by atoms with Crippen molar-refractivity contribution in [1.29, 1.82) is 0 Å². The van der Waals surface area contributed by atoms with Gasteiger partial charge in [0.1, 0.15) is 23.8 Å². The molecule has 0 saturated carbocycles. The molecule has 4 fully saturated rings. The number of hydrogen-bond donors (Lipinski definition) is 5. The van der Waals surface area contributed by atoms with Gasteiger partial charge in [0.05, 0.1) is 39.6 Å². The van der Waals surface area contributed by atoms with Crippen LogP contribution in [0.4, 0.5) is 21.6 Å². The zero-order valence-electron chi connectivity index (χ0n) is 46.6. The van der Waals surface area contributed by atoms with Gasteiger partial charge in [0, 0.05) is 102 Å². The van der Waals surface area contributed by atoms with E-state index in [-0.39, 0.29) is 47.7 Å². The van der Waals surface area contributed by atoms with Gasteiger partial charge in [0.15, 0.2) is 5.82 Å². The van der Waals surface area contributed by atoms with E-state index in [4.69, 9.17) is 10.5 Å². The van der Waals surface area contributed by atoms with Crippen LogP contribution in [0.1, 0.15) is 108 Å². The Morgan fingerprint density at radius 3 is 2.27 bits per heavy atom. The summed E-state index contributed by atoms with van der Waals surface area (Å²) in [5.41, 5.74) is 14.7. The van der Waals surface area contributed by atoms with Crippen molar-refractivity contribution in [2.75, 3.05) is 68.5 Å². The Hall–Kier alpha value is -6.25. The molecule has 3 aromatic carbocycles. The number of unbranched alkanes of at least 4 members (excludes halogenated alkanes) is 5. The third-order valence-corrected chi connectivity index (χ3v) is 17.3. The van der Waals surface area contributed by atoms with Gasteiger partial charge in [-0.3, -0.25) is 24.6 Å². The molecule has 4 saturated heterocycles. The standard InChI is InChI=1S/C60H80FN11O6S/c1-39-55(79-38-64-39)42-19-17-40(18-20-42)33-63-58(78-5)51-31-47(73)37-71(51)59(77)56(60(2,3)4)65-53(75)15-10-8-6-7-9-11-16-54(76)69-27-25-68(26-28-69)34-41-13-12-14-44(29-41)72-45-22-23-46(72)36-70(35-45)50-32-49(66-67-57(50)62)48-30-43(61)21-24-52(48)74/h12-14,17-21,24,29-30,32,38,45-47,51,56,58,63,73-74H,6-11,15-16,22-23,25-28,31,33-37H2,1-5H3,(H2,62,67)(H,65,75)/t45?,46?,47-,51+,56-,58?/m1/s1. The van der Waals surface area contributed by atoms with Crippen LogP contribution in [-0.2, 0) is 32.2 Å². The number of nitrogen functional groups attached to an aromatic ring is 1. The molecule has 17 nitrogen and oxygen atoms in total. The van der Waals surface area contributed by atoms with E-state index in [1.165, 1.54) is 29.4 Å². The molecule has 6 N–H and O–H groups in total. The molecule has 6 atom stereocenters. The highest BCUT2D eigenvalue weighted by Gasteiger charge is 2.45. The predicted molar refractivity (Wildman–Crippen MR) is 308 cm³/mol. The number of ether oxygens (including phenoxy) is 1. The lowest BCUT2D eigenvalue weighted by atomic mass is 9.85. The molecule has 4 aliphatic rings. The number of aromatic nitrogens is 3. The van der Waals surface area contributed by atoms with Gasteiger partial charge in [-0.25, -0.2) is 9.37 Å². The third-order valence-electron chi connectivity index (χ3n) is 16.3. The number of aromatic hydroxyl groups is 1. The Labute approximate surface area is 468 Å². The van der Waals surface area contributed by atoms with Crippen molar-refractivity contribution in [3.8, 4) is 27.4 Å². The predicted octanol–water partition coefficient (Wildman–Crippen LogP) is 7.88. The smallest absolute Gasteiger partial charge is 0.246 e. The number of nitrogens with zero attached hydrogens (tertiary/aromatic N) is 8. The fraction of sp³-hybridized carbons (Fsp3) is 0.533. The Morgan fingerprint density at radius 1 is 0.873 bits per heavy atom. The van der Waals surface area contributed by atoms with Gasteiger partial charge in [-0.15, -0.1) is 21.5 Å². The summed E-state index contributed by atoms with van der Waals surface area (Å²) in [5, 5.41) is 36.1. The number of methoxy groups -OCH3 is 1. The summed E-state index contributed by atoms with van der Waals surface area (Å²) in [5.74, 6) is -0.384. The Kier molecular flexibility index (Phi) is 18.8. The van der Waals surface area contributed by atoms with Gasteiger partial charge in [-0.05, 0) is 97.5 Å². The minimum absolute atomic E-state index is 0.0666. The van der Waals surface area contributed by atoms with Crippen LogP contribution in [0.25, 0.3) is 21.7 Å². The first-order valence-corrected chi connectivity index (χ1v) is 29.2. The van der Waals surface area contributed by atoms with E-state index in [2.05, 4.69) is 89.0 Å². The van der Waals surface area contributed by atoms with Crippen LogP contribution < -0.4 is 26.2 Å². The number of piperazine rings is 2. The maximum Gasteiger partial charge on any atom is 0.246 e. The number of aliphatic hydroxyl groups excluding tert-OH is 1. The number of phenols is 1. The number of benzene rings is 3. The Morgan fingerprint density at radius 2 is 1.58 bits per heavy atom. The van der Waals surface area contributed by atoms with Gasteiger partial charge < -0.3 is 45.6 Å². The largest absolute Gasteiger partial charge is 0.507 e. The molecule has 2 bridgehead atoms. The van der Waals surface area contributed by atoms with E-state index in [0.29, 0.717) is 43.7 Å². The van der Waals surface area contributed by atoms with Crippen LogP contribution in [0.5, 0.6) is 5.75 Å². The van der Waals surface area contributed by atoms with Gasteiger partial charge in [-0.2, -0.15) is 0 Å². The normalized spacial score (nSPS) is 20.4. The molecule has 2 aromatic heterocycles. The number of nitrogens with one attached hydrogen (secondary N) is 2. The van der Waals surface area contributed by atoms with E-state index in [1.807, 2.05) is 38.1 Å². The number of anilines is 3. The maximum absolute atomic E-state index is 14.3. The van der Waals surface area contributed by atoms with Crippen molar-refractivity contribution in [1.82, 2.24) is 40.5 Å². The highest BCUT2D eigenvalue weighted by molar-refractivity contribution is 7.13. The summed E-state index contributed by atoms with van der Waals surface area (Å²) in [6.45, 7) is 14.0. The quantitative estimate of drug-likeness (QED) is 0.0331. The van der Waals surface area contributed by atoms with Crippen LogP contribution in [0.3, 0.4) is 0 Å². The van der Waals surface area contributed by atoms with Gasteiger partial charge in [0.2, 0.25) is 17.7 Å². The van der Waals surface area contributed by atoms with E-state index >= 15 is 0 Å². The molecular formula is C60H80FN11O6S. The average Bonchev–Trinajstić information content (AvgIpc) is 4.30. The average molecular weight is 1100 g/mol. The second-order valence-electron chi connectivity index (χ2n) is 23.1. The molecule has 424 valence electrons. The summed E-state index contributed by atoms with van der Waals surface area (Å²) in [4.78, 5) is 57.4. The summed E-state index contributed by atoms with van der Waals surface area (Å²) in [6.07, 6.45) is 7.49. The number of hydrogen-bond acceptors (Lipinski definition) is 15. The fourth-order valence-corrected chi connectivity index (χ4v) is 12.9. The van der Waals surface area contributed by atoms with Crippen molar-refractivity contribution >= 4 is 46.3 Å². The summed E-state index contributed by atoms with van der Waals surface area (Å²) < 4.78 is 20.0. The number of nitrogens with two attached hydrogens (primary N) is 1. The second-order valence-corrected chi connectivity index (χ2v) is 24.0. The number of rotatable bonds is 22. The van der Waals surface area contributed by atoms with Gasteiger partial charge in [0.25, 0.3) is 0 Å². The number of aryl methyl sites for hydroxylation is 1. The number of phenolic OH excluding ortho intramolecular Hbond substituents is 1. The van der Waals surface area contributed by atoms with Crippen molar-refractivity contribution in [2.45, 2.75) is 148 Å². The Balaban J connectivity index is 0.655. The van der Waals surface area contributed by atoms with Crippen LogP contribution in [0, 0.1) is 18.2 Å². The van der Waals surface area contributed by atoms with E-state index in [0.717, 1.165) is 118 Å². The van der Waals surface area contributed by atoms with Crippen LogP contribution in [0.2, 0.25) is 0 Å². The van der Waals surface area contributed by atoms with Crippen LogP contribution in [0.15, 0.2) is 78.3 Å². The number of β-amino-alcohol motifs (C(OH)–C–C–N with tert-alkyl or cyclic N) is 1. The zero-order chi connectivity index (χ0) is 55.8. The molecule has 5 aromatic rings. The lowest BCUT2D eigenvalue weighted by Crippen LogP contribution is -2.58. The minimum Gasteiger partial charge on any atom is -0.507 e. The maximum atomic E-state index is 14.3. The van der Waals surface area contributed by atoms with E-state index in [9.17, 15) is 29.0 Å². The third kappa shape index (κ3) is 14.2. The lowest BCUT2D eigenvalue weighted by Gasteiger charge is -2.43. The van der Waals surface area contributed by atoms with E-state index < -0.39 is 35.6 Å². The number of likely N-dealkylation sites (tertiary alicyclic amines) is 1. The topological polar surface area (TPSA) is 206 Å². The fourth-order valence-electron chi connectivity index (χ4n) is 12.0.